The Balaban J connectivity index is 2.20. The third kappa shape index (κ3) is 2.50. The van der Waals surface area contributed by atoms with Crippen molar-refractivity contribution in [3.05, 3.63) is 35.4 Å². The fourth-order valence-corrected chi connectivity index (χ4v) is 2.43. The first-order chi connectivity index (χ1) is 8.09. The molecule has 17 heavy (non-hydrogen) atoms. The van der Waals surface area contributed by atoms with Gasteiger partial charge in [0.1, 0.15) is 0 Å². The van der Waals surface area contributed by atoms with Crippen LogP contribution in [-0.4, -0.2) is 23.4 Å². The number of nitrogens with zero attached hydrogens (tertiary/aromatic N) is 1. The molecule has 3 heteroatoms. The van der Waals surface area contributed by atoms with Crippen molar-refractivity contribution in [1.29, 1.82) is 0 Å². The third-order valence-electron chi connectivity index (χ3n) is 3.39. The van der Waals surface area contributed by atoms with Gasteiger partial charge in [0, 0.05) is 6.54 Å². The Labute approximate surface area is 103 Å². The summed E-state index contributed by atoms with van der Waals surface area (Å²) in [6.45, 7) is 4.66. The number of aryl methyl sites for hydroxylation is 1. The molecule has 3 nitrogen and oxygen atoms in total. The molecule has 1 saturated heterocycles. The Hall–Kier alpha value is -1.35. The van der Waals surface area contributed by atoms with E-state index >= 15 is 0 Å². The van der Waals surface area contributed by atoms with Gasteiger partial charge in [-0.1, -0.05) is 29.8 Å². The predicted octanol–water partition coefficient (Wildman–Crippen LogP) is 2.01. The molecule has 0 aromatic heterocycles. The minimum Gasteiger partial charge on any atom is -0.334 e. The minimum absolute atomic E-state index is 0.0630. The van der Waals surface area contributed by atoms with E-state index in [1.165, 1.54) is 11.1 Å². The van der Waals surface area contributed by atoms with Crippen LogP contribution in [0.5, 0.6) is 0 Å². The standard InChI is InChI=1S/C14H20N2O/c1-10-5-7-12(8-6-10)13-4-3-9-16(13)14(17)11(2)15/h5-8,11,13H,3-4,9,15H2,1-2H3/t11-,13?/m0/s1. The summed E-state index contributed by atoms with van der Waals surface area (Å²) in [7, 11) is 0. The van der Waals surface area contributed by atoms with Gasteiger partial charge in [0.05, 0.1) is 12.1 Å². The van der Waals surface area contributed by atoms with Gasteiger partial charge in [0.25, 0.3) is 0 Å². The monoisotopic (exact) mass is 232 g/mol. The third-order valence-corrected chi connectivity index (χ3v) is 3.39. The molecule has 1 aromatic carbocycles. The highest BCUT2D eigenvalue weighted by molar-refractivity contribution is 5.81. The molecule has 1 aliphatic rings. The van der Waals surface area contributed by atoms with E-state index in [0.29, 0.717) is 0 Å². The van der Waals surface area contributed by atoms with Crippen molar-refractivity contribution < 1.29 is 4.79 Å². The van der Waals surface area contributed by atoms with Crippen molar-refractivity contribution in [2.45, 2.75) is 38.8 Å². The number of benzene rings is 1. The second-order valence-electron chi connectivity index (χ2n) is 4.89. The van der Waals surface area contributed by atoms with E-state index in [9.17, 15) is 4.79 Å². The first-order valence-electron chi connectivity index (χ1n) is 6.22. The average molecular weight is 232 g/mol. The van der Waals surface area contributed by atoms with Crippen LogP contribution in [0, 0.1) is 6.92 Å². The highest BCUT2D eigenvalue weighted by Gasteiger charge is 2.30. The molecule has 0 saturated carbocycles. The van der Waals surface area contributed by atoms with Crippen LogP contribution in [0.15, 0.2) is 24.3 Å². The van der Waals surface area contributed by atoms with E-state index in [4.69, 9.17) is 5.73 Å². The van der Waals surface area contributed by atoms with Crippen LogP contribution >= 0.6 is 0 Å². The van der Waals surface area contributed by atoms with Crippen LogP contribution < -0.4 is 5.73 Å². The summed E-state index contributed by atoms with van der Waals surface area (Å²) < 4.78 is 0. The topological polar surface area (TPSA) is 46.3 Å². The van der Waals surface area contributed by atoms with Crippen molar-refractivity contribution >= 4 is 5.91 Å². The van der Waals surface area contributed by atoms with Crippen molar-refractivity contribution in [2.24, 2.45) is 5.73 Å². The number of hydrogen-bond acceptors (Lipinski definition) is 2. The molecule has 1 aromatic rings. The lowest BCUT2D eigenvalue weighted by Gasteiger charge is -2.26. The fraction of sp³-hybridized carbons (Fsp3) is 0.500. The number of amides is 1. The van der Waals surface area contributed by atoms with Gasteiger partial charge in [-0.2, -0.15) is 0 Å². The van der Waals surface area contributed by atoms with Crippen molar-refractivity contribution in [1.82, 2.24) is 4.90 Å². The fourth-order valence-electron chi connectivity index (χ4n) is 2.43. The lowest BCUT2D eigenvalue weighted by Crippen LogP contribution is -2.41. The Morgan fingerprint density at radius 3 is 2.65 bits per heavy atom. The first-order valence-corrected chi connectivity index (χ1v) is 6.22. The SMILES string of the molecule is Cc1ccc(C2CCCN2C(=O)[C@H](C)N)cc1. The summed E-state index contributed by atoms with van der Waals surface area (Å²) in [5, 5.41) is 0. The molecule has 0 spiro atoms. The number of nitrogens with two attached hydrogens (primary N) is 1. The normalized spacial score (nSPS) is 21.6. The molecule has 1 aliphatic heterocycles. The van der Waals surface area contributed by atoms with Crippen LogP contribution in [-0.2, 0) is 4.79 Å². The van der Waals surface area contributed by atoms with Gasteiger partial charge in [-0.15, -0.1) is 0 Å². The number of likely N-dealkylation sites (tertiary alicyclic amines) is 1. The Kier molecular flexibility index (Phi) is 3.48. The highest BCUT2D eigenvalue weighted by atomic mass is 16.2. The summed E-state index contributed by atoms with van der Waals surface area (Å²) in [5.41, 5.74) is 8.16. The van der Waals surface area contributed by atoms with Gasteiger partial charge in [0.2, 0.25) is 5.91 Å². The van der Waals surface area contributed by atoms with Crippen molar-refractivity contribution in [2.75, 3.05) is 6.54 Å². The van der Waals surface area contributed by atoms with Crippen LogP contribution in [0.4, 0.5) is 0 Å². The second kappa shape index (κ2) is 4.88. The summed E-state index contributed by atoms with van der Waals surface area (Å²) >= 11 is 0. The quantitative estimate of drug-likeness (QED) is 0.847. The lowest BCUT2D eigenvalue weighted by atomic mass is 10.0. The number of rotatable bonds is 2. The molecule has 1 fully saturated rings. The van der Waals surface area contributed by atoms with Gasteiger partial charge in [-0.25, -0.2) is 0 Å². The molecule has 0 radical (unpaired) electrons. The van der Waals surface area contributed by atoms with Crippen molar-refractivity contribution in [3.8, 4) is 0 Å². The molecule has 1 amide bonds. The molecule has 1 heterocycles. The van der Waals surface area contributed by atoms with Gasteiger partial charge < -0.3 is 10.6 Å². The van der Waals surface area contributed by atoms with E-state index in [1.54, 1.807) is 6.92 Å². The molecule has 1 unspecified atom stereocenters. The highest BCUT2D eigenvalue weighted by Crippen LogP contribution is 2.32. The van der Waals surface area contributed by atoms with Gasteiger partial charge in [-0.05, 0) is 32.3 Å². The van der Waals surface area contributed by atoms with Crippen molar-refractivity contribution in [3.63, 3.8) is 0 Å². The summed E-state index contributed by atoms with van der Waals surface area (Å²) in [4.78, 5) is 13.9. The number of carbonyl (C=O) groups excluding carboxylic acids is 1. The number of hydrogen-bond donors (Lipinski definition) is 1. The van der Waals surface area contributed by atoms with E-state index in [1.807, 2.05) is 4.90 Å². The maximum absolute atomic E-state index is 12.0. The average Bonchev–Trinajstić information content (AvgIpc) is 2.77. The Morgan fingerprint density at radius 1 is 1.41 bits per heavy atom. The smallest absolute Gasteiger partial charge is 0.239 e. The molecule has 0 bridgehead atoms. The summed E-state index contributed by atoms with van der Waals surface area (Å²) in [6, 6.07) is 8.25. The van der Waals surface area contributed by atoms with Crippen LogP contribution in [0.25, 0.3) is 0 Å². The zero-order chi connectivity index (χ0) is 12.4. The molecule has 2 N–H and O–H groups in total. The zero-order valence-electron chi connectivity index (χ0n) is 10.5. The zero-order valence-corrected chi connectivity index (χ0v) is 10.5. The van der Waals surface area contributed by atoms with E-state index < -0.39 is 6.04 Å². The van der Waals surface area contributed by atoms with Crippen LogP contribution in [0.1, 0.15) is 36.9 Å². The van der Waals surface area contributed by atoms with E-state index in [-0.39, 0.29) is 11.9 Å². The first kappa shape index (κ1) is 12.1. The lowest BCUT2D eigenvalue weighted by molar-refractivity contribution is -0.133. The molecule has 92 valence electrons. The predicted molar refractivity (Wildman–Crippen MR) is 68.5 cm³/mol. The van der Waals surface area contributed by atoms with Gasteiger partial charge in [-0.3, -0.25) is 4.79 Å². The molecule has 2 rings (SSSR count). The largest absolute Gasteiger partial charge is 0.334 e. The Morgan fingerprint density at radius 2 is 2.06 bits per heavy atom. The van der Waals surface area contributed by atoms with E-state index in [0.717, 1.165) is 19.4 Å². The van der Waals surface area contributed by atoms with Gasteiger partial charge >= 0.3 is 0 Å². The van der Waals surface area contributed by atoms with Crippen LogP contribution in [0.2, 0.25) is 0 Å². The van der Waals surface area contributed by atoms with Gasteiger partial charge in [0.15, 0.2) is 0 Å². The van der Waals surface area contributed by atoms with E-state index in [2.05, 4.69) is 31.2 Å². The maximum atomic E-state index is 12.0. The maximum Gasteiger partial charge on any atom is 0.239 e. The summed E-state index contributed by atoms with van der Waals surface area (Å²) in [6.07, 6.45) is 2.11. The molecular weight excluding hydrogens is 212 g/mol. The number of carbonyl (C=O) groups is 1. The molecule has 2 atom stereocenters. The Bertz CT molecular complexity index is 397. The second-order valence-corrected chi connectivity index (χ2v) is 4.89. The minimum atomic E-state index is -0.402. The summed E-state index contributed by atoms with van der Waals surface area (Å²) in [5.74, 6) is 0.0630. The molecule has 0 aliphatic carbocycles. The van der Waals surface area contributed by atoms with Crippen LogP contribution in [0.3, 0.4) is 0 Å². The molecular formula is C14H20N2O.